The number of rotatable bonds is 7. The van der Waals surface area contributed by atoms with Crippen molar-refractivity contribution < 1.29 is 24.2 Å². The minimum Gasteiger partial charge on any atom is -0.481 e. The number of ether oxygens (including phenoxy) is 1. The molecule has 1 heterocycles. The first-order valence-electron chi connectivity index (χ1n) is 6.79. The van der Waals surface area contributed by atoms with E-state index in [4.69, 9.17) is 9.84 Å². The molecule has 0 saturated heterocycles. The first-order chi connectivity index (χ1) is 10.5. The summed E-state index contributed by atoms with van der Waals surface area (Å²) in [6.45, 7) is 0.187. The van der Waals surface area contributed by atoms with Gasteiger partial charge in [-0.1, -0.05) is 28.1 Å². The van der Waals surface area contributed by atoms with Crippen molar-refractivity contribution in [3.05, 3.63) is 35.4 Å². The van der Waals surface area contributed by atoms with Crippen LogP contribution in [-0.4, -0.2) is 52.4 Å². The number of imide groups is 1. The predicted octanol–water partition coefficient (Wildman–Crippen LogP) is 1.93. The van der Waals surface area contributed by atoms with E-state index in [1.807, 2.05) is 0 Å². The number of hydrogen-bond acceptors (Lipinski definition) is 4. The second-order valence-corrected chi connectivity index (χ2v) is 6.16. The van der Waals surface area contributed by atoms with Crippen molar-refractivity contribution in [1.82, 2.24) is 4.90 Å². The molecule has 1 aliphatic heterocycles. The Hall–Kier alpha value is -1.73. The zero-order valence-corrected chi connectivity index (χ0v) is 13.6. The lowest BCUT2D eigenvalue weighted by Crippen LogP contribution is -2.35. The van der Waals surface area contributed by atoms with Crippen molar-refractivity contribution >= 4 is 33.7 Å². The molecular formula is C15H16BrNO5. The van der Waals surface area contributed by atoms with Gasteiger partial charge in [0.2, 0.25) is 0 Å². The van der Waals surface area contributed by atoms with Gasteiger partial charge in [0, 0.05) is 13.7 Å². The number of nitrogens with zero attached hydrogens (tertiary/aromatic N) is 1. The average Bonchev–Trinajstić information content (AvgIpc) is 2.72. The van der Waals surface area contributed by atoms with Gasteiger partial charge >= 0.3 is 5.97 Å². The quantitative estimate of drug-likeness (QED) is 0.586. The fourth-order valence-electron chi connectivity index (χ4n) is 2.44. The number of alkyl halides is 1. The van der Waals surface area contributed by atoms with Crippen molar-refractivity contribution in [2.45, 2.75) is 23.8 Å². The van der Waals surface area contributed by atoms with Crippen LogP contribution >= 0.6 is 15.9 Å². The first kappa shape index (κ1) is 16.6. The first-order valence-corrected chi connectivity index (χ1v) is 7.71. The summed E-state index contributed by atoms with van der Waals surface area (Å²) in [4.78, 5) is 36.0. The molecule has 0 aliphatic carbocycles. The van der Waals surface area contributed by atoms with E-state index >= 15 is 0 Å². The zero-order chi connectivity index (χ0) is 16.3. The van der Waals surface area contributed by atoms with Gasteiger partial charge in [0.25, 0.3) is 11.8 Å². The molecule has 1 N–H and O–H groups in total. The number of aliphatic carboxylic acids is 1. The molecule has 1 aromatic carbocycles. The van der Waals surface area contributed by atoms with Gasteiger partial charge in [-0.2, -0.15) is 0 Å². The summed E-state index contributed by atoms with van der Waals surface area (Å²) in [7, 11) is 1.48. The smallest absolute Gasteiger partial charge is 0.304 e. The van der Waals surface area contributed by atoms with Gasteiger partial charge in [-0.05, 0) is 18.6 Å². The summed E-state index contributed by atoms with van der Waals surface area (Å²) >= 11 is 3.28. The van der Waals surface area contributed by atoms with Crippen LogP contribution in [0.5, 0.6) is 0 Å². The molecule has 2 amide bonds. The highest BCUT2D eigenvalue weighted by molar-refractivity contribution is 9.09. The van der Waals surface area contributed by atoms with Crippen molar-refractivity contribution in [1.29, 1.82) is 0 Å². The van der Waals surface area contributed by atoms with E-state index in [9.17, 15) is 14.4 Å². The van der Waals surface area contributed by atoms with Crippen LogP contribution in [0.15, 0.2) is 24.3 Å². The largest absolute Gasteiger partial charge is 0.481 e. The average molecular weight is 370 g/mol. The standard InChI is InChI=1S/C15H16BrNO5/c1-22-12(11(16)8-13(18)19)6-7-17-14(20)9-4-2-3-5-10(9)15(17)21/h2-5,11-12H,6-8H2,1H3,(H,18,19)/t11-,12+/m0/s1. The van der Waals surface area contributed by atoms with E-state index < -0.39 is 12.1 Å². The molecule has 0 spiro atoms. The Labute approximate surface area is 136 Å². The maximum absolute atomic E-state index is 12.2. The SMILES string of the molecule is CO[C@H](CCN1C(=O)c2ccccc2C1=O)[C@@H](Br)CC(=O)O. The zero-order valence-electron chi connectivity index (χ0n) is 12.0. The summed E-state index contributed by atoms with van der Waals surface area (Å²) < 4.78 is 5.26. The molecule has 2 atom stereocenters. The highest BCUT2D eigenvalue weighted by atomic mass is 79.9. The van der Waals surface area contributed by atoms with Crippen LogP contribution in [0.1, 0.15) is 33.6 Å². The number of benzene rings is 1. The number of carbonyl (C=O) groups excluding carboxylic acids is 2. The Morgan fingerprint density at radius 3 is 2.27 bits per heavy atom. The van der Waals surface area contributed by atoms with Crippen molar-refractivity contribution in [2.75, 3.05) is 13.7 Å². The fourth-order valence-corrected chi connectivity index (χ4v) is 3.20. The molecule has 0 aromatic heterocycles. The number of carboxylic acids is 1. The number of halogens is 1. The van der Waals surface area contributed by atoms with Gasteiger partial charge in [-0.25, -0.2) is 0 Å². The Bertz CT molecular complexity index is 568. The minimum atomic E-state index is -0.940. The Morgan fingerprint density at radius 1 is 1.27 bits per heavy atom. The number of hydrogen-bond donors (Lipinski definition) is 1. The molecule has 0 bridgehead atoms. The van der Waals surface area contributed by atoms with E-state index in [-0.39, 0.29) is 29.6 Å². The van der Waals surface area contributed by atoms with Gasteiger partial charge in [0.05, 0.1) is 28.5 Å². The second-order valence-electron chi connectivity index (χ2n) is 4.98. The third kappa shape index (κ3) is 3.36. The summed E-state index contributed by atoms with van der Waals surface area (Å²) in [6.07, 6.45) is -0.133. The van der Waals surface area contributed by atoms with Crippen LogP contribution in [0.3, 0.4) is 0 Å². The molecule has 7 heteroatoms. The Kier molecular flexibility index (Phi) is 5.31. The molecule has 0 fully saturated rings. The van der Waals surface area contributed by atoms with Crippen LogP contribution in [0.2, 0.25) is 0 Å². The van der Waals surface area contributed by atoms with Crippen molar-refractivity contribution in [3.8, 4) is 0 Å². The molecule has 6 nitrogen and oxygen atoms in total. The second kappa shape index (κ2) is 7.02. The highest BCUT2D eigenvalue weighted by Crippen LogP contribution is 2.24. The van der Waals surface area contributed by atoms with E-state index in [1.165, 1.54) is 12.0 Å². The molecule has 0 saturated carbocycles. The molecule has 0 unspecified atom stereocenters. The topological polar surface area (TPSA) is 83.9 Å². The van der Waals surface area contributed by atoms with Gasteiger partial charge < -0.3 is 9.84 Å². The monoisotopic (exact) mass is 369 g/mol. The summed E-state index contributed by atoms with van der Waals surface area (Å²) in [5.41, 5.74) is 0.810. The number of carboxylic acid groups (broad SMARTS) is 1. The van der Waals surface area contributed by atoms with E-state index in [2.05, 4.69) is 15.9 Å². The van der Waals surface area contributed by atoms with Gasteiger partial charge in [0.1, 0.15) is 0 Å². The highest BCUT2D eigenvalue weighted by Gasteiger charge is 2.35. The van der Waals surface area contributed by atoms with E-state index in [0.717, 1.165) is 0 Å². The molecule has 118 valence electrons. The minimum absolute atomic E-state index is 0.0966. The Balaban J connectivity index is 2.01. The maximum atomic E-state index is 12.2. The summed E-state index contributed by atoms with van der Waals surface area (Å²) in [5, 5.41) is 8.81. The lowest BCUT2D eigenvalue weighted by Gasteiger charge is -2.22. The van der Waals surface area contributed by atoms with E-state index in [0.29, 0.717) is 17.5 Å². The third-order valence-corrected chi connectivity index (χ3v) is 4.50. The van der Waals surface area contributed by atoms with Crippen LogP contribution in [-0.2, 0) is 9.53 Å². The van der Waals surface area contributed by atoms with Crippen molar-refractivity contribution in [2.24, 2.45) is 0 Å². The molecular weight excluding hydrogens is 354 g/mol. The maximum Gasteiger partial charge on any atom is 0.304 e. The molecule has 0 radical (unpaired) electrons. The van der Waals surface area contributed by atoms with E-state index in [1.54, 1.807) is 24.3 Å². The third-order valence-electron chi connectivity index (χ3n) is 3.59. The normalized spacial score (nSPS) is 16.5. The molecule has 2 rings (SSSR count). The fraction of sp³-hybridized carbons (Fsp3) is 0.400. The number of fused-ring (bicyclic) bond motifs is 1. The summed E-state index contributed by atoms with van der Waals surface area (Å²) in [6, 6.07) is 6.68. The van der Waals surface area contributed by atoms with Gasteiger partial charge in [-0.15, -0.1) is 0 Å². The van der Waals surface area contributed by atoms with Gasteiger partial charge in [-0.3, -0.25) is 19.3 Å². The number of methoxy groups -OCH3 is 1. The number of amides is 2. The van der Waals surface area contributed by atoms with Crippen LogP contribution in [0.25, 0.3) is 0 Å². The summed E-state index contributed by atoms with van der Waals surface area (Å²) in [5.74, 6) is -1.58. The van der Waals surface area contributed by atoms with Gasteiger partial charge in [0.15, 0.2) is 0 Å². The van der Waals surface area contributed by atoms with Crippen LogP contribution in [0, 0.1) is 0 Å². The van der Waals surface area contributed by atoms with Crippen molar-refractivity contribution in [3.63, 3.8) is 0 Å². The molecule has 1 aliphatic rings. The lowest BCUT2D eigenvalue weighted by atomic mass is 10.1. The van der Waals surface area contributed by atoms with Crippen LogP contribution in [0.4, 0.5) is 0 Å². The lowest BCUT2D eigenvalue weighted by molar-refractivity contribution is -0.137. The molecule has 1 aromatic rings. The molecule has 22 heavy (non-hydrogen) atoms. The predicted molar refractivity (Wildman–Crippen MR) is 82.2 cm³/mol. The number of carbonyl (C=O) groups is 3. The Morgan fingerprint density at radius 2 is 1.82 bits per heavy atom. The van der Waals surface area contributed by atoms with Crippen LogP contribution < -0.4 is 0 Å².